The van der Waals surface area contributed by atoms with E-state index in [9.17, 15) is 14.7 Å². The lowest BCUT2D eigenvalue weighted by molar-refractivity contribution is 0.170. The van der Waals surface area contributed by atoms with E-state index in [0.29, 0.717) is 36.6 Å². The molecule has 0 radical (unpaired) electrons. The van der Waals surface area contributed by atoms with Crippen LogP contribution in [0, 0.1) is 5.92 Å². The number of likely N-dealkylation sites (tertiary alicyclic amines) is 1. The summed E-state index contributed by atoms with van der Waals surface area (Å²) in [7, 11) is 3.12. The van der Waals surface area contributed by atoms with Crippen LogP contribution in [0.1, 0.15) is 32.0 Å². The van der Waals surface area contributed by atoms with Gasteiger partial charge in [-0.3, -0.25) is 18.8 Å². The van der Waals surface area contributed by atoms with E-state index in [0.717, 1.165) is 29.9 Å². The summed E-state index contributed by atoms with van der Waals surface area (Å²) in [6.07, 6.45) is 2.95. The largest absolute Gasteiger partial charge is 0.396 e. The number of aliphatic hydroxyl groups is 1. The smallest absolute Gasteiger partial charge is 0.332 e. The number of aliphatic hydroxyl groups excluding tert-OH is 1. The predicted molar refractivity (Wildman–Crippen MR) is 95.6 cm³/mol. The van der Waals surface area contributed by atoms with E-state index in [4.69, 9.17) is 0 Å². The summed E-state index contributed by atoms with van der Waals surface area (Å²) < 4.78 is 4.42. The number of rotatable bonds is 5. The Morgan fingerprint density at radius 3 is 2.68 bits per heavy atom. The highest BCUT2D eigenvalue weighted by Gasteiger charge is 2.22. The molecule has 1 fully saturated rings. The van der Waals surface area contributed by atoms with Crippen LogP contribution < -0.4 is 11.2 Å². The Labute approximate surface area is 146 Å². The van der Waals surface area contributed by atoms with Gasteiger partial charge in [0.2, 0.25) is 0 Å². The van der Waals surface area contributed by atoms with E-state index in [1.54, 1.807) is 7.05 Å². The minimum Gasteiger partial charge on any atom is -0.396 e. The van der Waals surface area contributed by atoms with Gasteiger partial charge >= 0.3 is 5.69 Å². The van der Waals surface area contributed by atoms with Crippen molar-refractivity contribution in [3.05, 3.63) is 26.7 Å². The molecule has 8 nitrogen and oxygen atoms in total. The van der Waals surface area contributed by atoms with Gasteiger partial charge < -0.3 is 9.67 Å². The third kappa shape index (κ3) is 3.28. The lowest BCUT2D eigenvalue weighted by Crippen LogP contribution is -2.37. The van der Waals surface area contributed by atoms with Crippen molar-refractivity contribution >= 4 is 11.2 Å². The SMILES string of the molecule is C[C@H]1CCCN(Cc2nc3c(c(=O)n(C)c(=O)n3C)n2CCCO)C1. The zero-order valence-electron chi connectivity index (χ0n) is 15.2. The van der Waals surface area contributed by atoms with Crippen LogP contribution >= 0.6 is 0 Å². The third-order valence-corrected chi connectivity index (χ3v) is 5.07. The highest BCUT2D eigenvalue weighted by atomic mass is 16.3. The Hall–Kier alpha value is -1.93. The molecule has 0 unspecified atom stereocenters. The Morgan fingerprint density at radius 2 is 2.00 bits per heavy atom. The maximum absolute atomic E-state index is 12.7. The molecule has 0 amide bonds. The molecule has 2 aromatic rings. The molecule has 3 rings (SSSR count). The molecule has 25 heavy (non-hydrogen) atoms. The molecule has 3 heterocycles. The van der Waals surface area contributed by atoms with Gasteiger partial charge in [0.25, 0.3) is 5.56 Å². The lowest BCUT2D eigenvalue weighted by atomic mass is 10.0. The van der Waals surface area contributed by atoms with Crippen LogP contribution in [0.4, 0.5) is 0 Å². The molecule has 1 saturated heterocycles. The molecular weight excluding hydrogens is 322 g/mol. The first kappa shape index (κ1) is 17.9. The van der Waals surface area contributed by atoms with Gasteiger partial charge in [-0.05, 0) is 31.7 Å². The van der Waals surface area contributed by atoms with Gasteiger partial charge in [0, 0.05) is 33.8 Å². The van der Waals surface area contributed by atoms with Crippen LogP contribution in [-0.2, 0) is 27.2 Å². The molecular formula is C17H27N5O3. The highest BCUT2D eigenvalue weighted by Crippen LogP contribution is 2.19. The van der Waals surface area contributed by atoms with Crippen molar-refractivity contribution in [1.82, 2.24) is 23.6 Å². The van der Waals surface area contributed by atoms with Crippen LogP contribution in [0.15, 0.2) is 9.59 Å². The Bertz CT molecular complexity index is 879. The van der Waals surface area contributed by atoms with E-state index < -0.39 is 0 Å². The normalized spacial score (nSPS) is 19.0. The van der Waals surface area contributed by atoms with Gasteiger partial charge in [-0.15, -0.1) is 0 Å². The van der Waals surface area contributed by atoms with Gasteiger partial charge in [-0.1, -0.05) is 6.92 Å². The third-order valence-electron chi connectivity index (χ3n) is 5.07. The molecule has 1 N–H and O–H groups in total. The highest BCUT2D eigenvalue weighted by molar-refractivity contribution is 5.71. The average molecular weight is 349 g/mol. The van der Waals surface area contributed by atoms with E-state index in [1.165, 1.54) is 18.0 Å². The molecule has 0 aliphatic carbocycles. The van der Waals surface area contributed by atoms with Gasteiger partial charge in [0.1, 0.15) is 5.82 Å². The topological polar surface area (TPSA) is 85.3 Å². The van der Waals surface area contributed by atoms with Crippen molar-refractivity contribution < 1.29 is 5.11 Å². The summed E-state index contributed by atoms with van der Waals surface area (Å²) >= 11 is 0. The first-order valence-corrected chi connectivity index (χ1v) is 8.92. The molecule has 0 aromatic carbocycles. The standard InChI is InChI=1S/C17H27N5O3/c1-12-6-4-7-21(10-12)11-13-18-15-14(22(13)8-5-9-23)16(24)20(3)17(25)19(15)2/h12,23H,4-11H2,1-3H3/t12-/m0/s1. The predicted octanol–water partition coefficient (Wildman–Crippen LogP) is 0.0480. The van der Waals surface area contributed by atoms with Crippen molar-refractivity contribution in [3.8, 4) is 0 Å². The van der Waals surface area contributed by atoms with Crippen LogP contribution in [0.2, 0.25) is 0 Å². The van der Waals surface area contributed by atoms with Crippen LogP contribution in [0.3, 0.4) is 0 Å². The monoisotopic (exact) mass is 349 g/mol. The molecule has 2 aromatic heterocycles. The summed E-state index contributed by atoms with van der Waals surface area (Å²) in [6.45, 7) is 5.50. The first-order chi connectivity index (χ1) is 11.9. The summed E-state index contributed by atoms with van der Waals surface area (Å²) in [6, 6.07) is 0. The fourth-order valence-electron chi connectivity index (χ4n) is 3.71. The number of imidazole rings is 1. The zero-order valence-corrected chi connectivity index (χ0v) is 15.2. The van der Waals surface area contributed by atoms with Gasteiger partial charge in [0.15, 0.2) is 11.2 Å². The van der Waals surface area contributed by atoms with Crippen molar-refractivity contribution in [2.45, 2.75) is 39.3 Å². The lowest BCUT2D eigenvalue weighted by Gasteiger charge is -2.30. The van der Waals surface area contributed by atoms with Crippen molar-refractivity contribution in [1.29, 1.82) is 0 Å². The van der Waals surface area contributed by atoms with E-state index in [2.05, 4.69) is 16.8 Å². The Morgan fingerprint density at radius 1 is 1.24 bits per heavy atom. The number of hydrogen-bond donors (Lipinski definition) is 1. The van der Waals surface area contributed by atoms with Gasteiger partial charge in [-0.25, -0.2) is 9.78 Å². The fraction of sp³-hybridized carbons (Fsp3) is 0.706. The fourth-order valence-corrected chi connectivity index (χ4v) is 3.71. The first-order valence-electron chi connectivity index (χ1n) is 8.92. The molecule has 1 atom stereocenters. The second kappa shape index (κ2) is 7.13. The second-order valence-electron chi connectivity index (χ2n) is 7.12. The zero-order chi connectivity index (χ0) is 18.1. The van der Waals surface area contributed by atoms with Crippen LogP contribution in [0.5, 0.6) is 0 Å². The van der Waals surface area contributed by atoms with Gasteiger partial charge in [0.05, 0.1) is 6.54 Å². The van der Waals surface area contributed by atoms with E-state index in [1.807, 2.05) is 4.57 Å². The number of fused-ring (bicyclic) bond motifs is 1. The molecule has 1 aliphatic heterocycles. The number of hydrogen-bond acceptors (Lipinski definition) is 5. The molecule has 1 aliphatic rings. The molecule has 138 valence electrons. The quantitative estimate of drug-likeness (QED) is 0.824. The Kier molecular flexibility index (Phi) is 5.10. The van der Waals surface area contributed by atoms with E-state index in [-0.39, 0.29) is 17.9 Å². The summed E-state index contributed by atoms with van der Waals surface area (Å²) in [4.78, 5) is 31.8. The van der Waals surface area contributed by atoms with Crippen molar-refractivity contribution in [2.75, 3.05) is 19.7 Å². The summed E-state index contributed by atoms with van der Waals surface area (Å²) in [5.74, 6) is 1.44. The second-order valence-corrected chi connectivity index (χ2v) is 7.12. The molecule has 0 spiro atoms. The maximum atomic E-state index is 12.7. The number of aromatic nitrogens is 4. The van der Waals surface area contributed by atoms with Gasteiger partial charge in [-0.2, -0.15) is 0 Å². The van der Waals surface area contributed by atoms with Crippen LogP contribution in [-0.4, -0.2) is 48.4 Å². The Balaban J connectivity index is 2.10. The average Bonchev–Trinajstić information content (AvgIpc) is 2.94. The van der Waals surface area contributed by atoms with Crippen molar-refractivity contribution in [3.63, 3.8) is 0 Å². The molecule has 0 bridgehead atoms. The summed E-state index contributed by atoms with van der Waals surface area (Å²) in [5.41, 5.74) is 0.161. The molecule has 0 saturated carbocycles. The minimum absolute atomic E-state index is 0.0476. The molecule has 8 heteroatoms. The number of nitrogens with zero attached hydrogens (tertiary/aromatic N) is 5. The van der Waals surface area contributed by atoms with Crippen LogP contribution in [0.25, 0.3) is 11.2 Å². The van der Waals surface area contributed by atoms with E-state index >= 15 is 0 Å². The minimum atomic E-state index is -0.373. The number of piperidine rings is 1. The maximum Gasteiger partial charge on any atom is 0.332 e. The summed E-state index contributed by atoms with van der Waals surface area (Å²) in [5, 5.41) is 9.22. The number of aryl methyl sites for hydroxylation is 2. The van der Waals surface area contributed by atoms with Crippen molar-refractivity contribution in [2.24, 2.45) is 20.0 Å².